The van der Waals surface area contributed by atoms with Crippen molar-refractivity contribution in [2.75, 3.05) is 26.7 Å². The Morgan fingerprint density at radius 3 is 2.62 bits per heavy atom. The maximum Gasteiger partial charge on any atom is 0.230 e. The van der Waals surface area contributed by atoms with E-state index in [1.165, 1.54) is 0 Å². The minimum Gasteiger partial charge on any atom is -0.345 e. The minimum absolute atomic E-state index is 0.244. The van der Waals surface area contributed by atoms with Crippen LogP contribution in [0.2, 0.25) is 0 Å². The highest BCUT2D eigenvalue weighted by molar-refractivity contribution is 5.87. The van der Waals surface area contributed by atoms with Crippen LogP contribution in [0.15, 0.2) is 12.2 Å². The molecule has 0 aromatic rings. The van der Waals surface area contributed by atoms with Crippen LogP contribution in [0.1, 0.15) is 45.4 Å². The second-order valence-electron chi connectivity index (χ2n) is 7.36. The zero-order chi connectivity index (χ0) is 15.1. The van der Waals surface area contributed by atoms with E-state index in [1.807, 2.05) is 16.8 Å². The molecule has 0 bridgehead atoms. The first kappa shape index (κ1) is 14.6. The summed E-state index contributed by atoms with van der Waals surface area (Å²) in [7, 11) is 1.88. The molecule has 2 unspecified atom stereocenters. The van der Waals surface area contributed by atoms with Gasteiger partial charge in [0.1, 0.15) is 0 Å². The predicted molar refractivity (Wildman–Crippen MR) is 81.6 cm³/mol. The lowest BCUT2D eigenvalue weighted by Crippen LogP contribution is -2.53. The van der Waals surface area contributed by atoms with E-state index in [4.69, 9.17) is 0 Å². The maximum absolute atomic E-state index is 13.0. The summed E-state index contributed by atoms with van der Waals surface area (Å²) in [4.78, 5) is 29.3. The Bertz CT molecular complexity index is 483. The SMILES string of the molecule is CN1CCC2(CCCN(C(=O)C3(C)CC=CCC3)C2)C1=O. The quantitative estimate of drug-likeness (QED) is 0.695. The van der Waals surface area contributed by atoms with Crippen molar-refractivity contribution in [1.29, 1.82) is 0 Å². The number of carbonyl (C=O) groups excluding carboxylic acids is 2. The van der Waals surface area contributed by atoms with Crippen LogP contribution in [0, 0.1) is 10.8 Å². The van der Waals surface area contributed by atoms with Crippen LogP contribution in [-0.4, -0.2) is 48.3 Å². The lowest BCUT2D eigenvalue weighted by molar-refractivity contribution is -0.149. The summed E-state index contributed by atoms with van der Waals surface area (Å²) in [6.07, 6.45) is 9.86. The summed E-state index contributed by atoms with van der Waals surface area (Å²) < 4.78 is 0. The number of hydrogen-bond donors (Lipinski definition) is 0. The molecule has 0 aromatic carbocycles. The van der Waals surface area contributed by atoms with Gasteiger partial charge in [0, 0.05) is 26.7 Å². The Hall–Kier alpha value is -1.32. The van der Waals surface area contributed by atoms with Gasteiger partial charge < -0.3 is 9.80 Å². The number of amides is 2. The summed E-state index contributed by atoms with van der Waals surface area (Å²) in [5, 5.41) is 0. The van der Waals surface area contributed by atoms with Crippen LogP contribution in [0.3, 0.4) is 0 Å². The van der Waals surface area contributed by atoms with Gasteiger partial charge in [0.2, 0.25) is 11.8 Å². The topological polar surface area (TPSA) is 40.6 Å². The van der Waals surface area contributed by atoms with Crippen LogP contribution in [0.25, 0.3) is 0 Å². The monoisotopic (exact) mass is 290 g/mol. The molecule has 2 amide bonds. The van der Waals surface area contributed by atoms with E-state index >= 15 is 0 Å². The van der Waals surface area contributed by atoms with Gasteiger partial charge in [-0.15, -0.1) is 0 Å². The smallest absolute Gasteiger partial charge is 0.230 e. The maximum atomic E-state index is 13.0. The summed E-state index contributed by atoms with van der Waals surface area (Å²) in [5.41, 5.74) is -0.551. The highest BCUT2D eigenvalue weighted by Gasteiger charge is 2.50. The number of carbonyl (C=O) groups is 2. The van der Waals surface area contributed by atoms with Crippen molar-refractivity contribution >= 4 is 11.8 Å². The van der Waals surface area contributed by atoms with E-state index in [-0.39, 0.29) is 22.6 Å². The van der Waals surface area contributed by atoms with Crippen molar-refractivity contribution in [2.45, 2.75) is 45.4 Å². The van der Waals surface area contributed by atoms with Crippen LogP contribution < -0.4 is 0 Å². The molecule has 3 aliphatic rings. The number of allylic oxidation sites excluding steroid dienone is 2. The minimum atomic E-state index is -0.288. The lowest BCUT2D eigenvalue weighted by Gasteiger charge is -2.43. The third-order valence-electron chi connectivity index (χ3n) is 5.70. The molecule has 2 atom stereocenters. The fourth-order valence-electron chi connectivity index (χ4n) is 4.22. The molecule has 1 spiro atoms. The van der Waals surface area contributed by atoms with Gasteiger partial charge in [0.25, 0.3) is 0 Å². The van der Waals surface area contributed by atoms with E-state index in [1.54, 1.807) is 0 Å². The molecule has 2 aliphatic heterocycles. The standard InChI is InChI=1S/C17H26N2O2/c1-16(7-4-3-5-8-16)14(20)19-11-6-9-17(13-19)10-12-18(2)15(17)21/h3-4H,5-13H2,1-2H3. The molecule has 116 valence electrons. The van der Waals surface area contributed by atoms with Crippen LogP contribution in [0.5, 0.6) is 0 Å². The Balaban J connectivity index is 1.76. The second kappa shape index (κ2) is 5.15. The fourth-order valence-corrected chi connectivity index (χ4v) is 4.22. The van der Waals surface area contributed by atoms with E-state index in [9.17, 15) is 9.59 Å². The number of likely N-dealkylation sites (tertiary alicyclic amines) is 2. The van der Waals surface area contributed by atoms with E-state index in [2.05, 4.69) is 19.1 Å². The molecule has 2 fully saturated rings. The highest BCUT2D eigenvalue weighted by atomic mass is 16.2. The third kappa shape index (κ3) is 2.39. The van der Waals surface area contributed by atoms with Crippen molar-refractivity contribution < 1.29 is 9.59 Å². The molecule has 3 rings (SSSR count). The van der Waals surface area contributed by atoms with Gasteiger partial charge in [0.15, 0.2) is 0 Å². The molecule has 2 saturated heterocycles. The molecular weight excluding hydrogens is 264 g/mol. The van der Waals surface area contributed by atoms with Crippen LogP contribution in [0.4, 0.5) is 0 Å². The average molecular weight is 290 g/mol. The number of piperidine rings is 1. The zero-order valence-corrected chi connectivity index (χ0v) is 13.2. The molecule has 2 heterocycles. The lowest BCUT2D eigenvalue weighted by atomic mass is 9.74. The van der Waals surface area contributed by atoms with Gasteiger partial charge in [-0.1, -0.05) is 19.1 Å². The normalized spacial score (nSPS) is 36.6. The van der Waals surface area contributed by atoms with Gasteiger partial charge >= 0.3 is 0 Å². The van der Waals surface area contributed by atoms with Crippen molar-refractivity contribution in [3.8, 4) is 0 Å². The first-order valence-corrected chi connectivity index (χ1v) is 8.17. The van der Waals surface area contributed by atoms with Gasteiger partial charge in [-0.25, -0.2) is 0 Å². The molecule has 0 radical (unpaired) electrons. The number of hydrogen-bond acceptors (Lipinski definition) is 2. The summed E-state index contributed by atoms with van der Waals surface area (Å²) in [5.74, 6) is 0.502. The zero-order valence-electron chi connectivity index (χ0n) is 13.2. The highest BCUT2D eigenvalue weighted by Crippen LogP contribution is 2.42. The molecule has 4 heteroatoms. The number of rotatable bonds is 1. The van der Waals surface area contributed by atoms with Crippen molar-refractivity contribution in [3.63, 3.8) is 0 Å². The van der Waals surface area contributed by atoms with Crippen molar-refractivity contribution in [1.82, 2.24) is 9.80 Å². The molecule has 0 N–H and O–H groups in total. The Labute approximate surface area is 127 Å². The molecule has 1 aliphatic carbocycles. The van der Waals surface area contributed by atoms with E-state index in [0.717, 1.165) is 51.6 Å². The molecule has 0 aromatic heterocycles. The van der Waals surface area contributed by atoms with Crippen molar-refractivity contribution in [3.05, 3.63) is 12.2 Å². The second-order valence-corrected chi connectivity index (χ2v) is 7.36. The molecular formula is C17H26N2O2. The summed E-state index contributed by atoms with van der Waals surface area (Å²) in [6, 6.07) is 0. The molecule has 0 saturated carbocycles. The van der Waals surface area contributed by atoms with E-state index < -0.39 is 0 Å². The van der Waals surface area contributed by atoms with Gasteiger partial charge in [-0.2, -0.15) is 0 Å². The summed E-state index contributed by atoms with van der Waals surface area (Å²) in [6.45, 7) is 4.37. The largest absolute Gasteiger partial charge is 0.345 e. The third-order valence-corrected chi connectivity index (χ3v) is 5.70. The first-order chi connectivity index (χ1) is 9.97. The first-order valence-electron chi connectivity index (χ1n) is 8.17. The Morgan fingerprint density at radius 2 is 2.00 bits per heavy atom. The van der Waals surface area contributed by atoms with Crippen LogP contribution >= 0.6 is 0 Å². The van der Waals surface area contributed by atoms with Crippen molar-refractivity contribution in [2.24, 2.45) is 10.8 Å². The average Bonchev–Trinajstić information content (AvgIpc) is 2.76. The van der Waals surface area contributed by atoms with Gasteiger partial charge in [-0.3, -0.25) is 9.59 Å². The van der Waals surface area contributed by atoms with E-state index in [0.29, 0.717) is 6.54 Å². The molecule has 21 heavy (non-hydrogen) atoms. The number of nitrogens with zero attached hydrogens (tertiary/aromatic N) is 2. The predicted octanol–water partition coefficient (Wildman–Crippen LogP) is 2.20. The fraction of sp³-hybridized carbons (Fsp3) is 0.765. The Kier molecular flexibility index (Phi) is 3.58. The summed E-state index contributed by atoms with van der Waals surface area (Å²) >= 11 is 0. The molecule has 4 nitrogen and oxygen atoms in total. The Morgan fingerprint density at radius 1 is 1.19 bits per heavy atom. The van der Waals surface area contributed by atoms with Gasteiger partial charge in [0.05, 0.1) is 10.8 Å². The van der Waals surface area contributed by atoms with Gasteiger partial charge in [-0.05, 0) is 38.5 Å². The van der Waals surface area contributed by atoms with Crippen LogP contribution in [-0.2, 0) is 9.59 Å².